The van der Waals surface area contributed by atoms with Gasteiger partial charge in [0.15, 0.2) is 0 Å². The molecule has 0 aromatic rings. The third-order valence-electron chi connectivity index (χ3n) is 2.84. The smallest absolute Gasteiger partial charge is 0.294 e. The Labute approximate surface area is 107 Å². The topological polar surface area (TPSA) is 49.3 Å². The SMILES string of the molecule is CCC(CC)(NS(=O)O)C(F)(F)C(F)(F)C(F)(F)F. The molecule has 0 fully saturated rings. The van der Waals surface area contributed by atoms with Crippen LogP contribution in [0.15, 0.2) is 0 Å². The van der Waals surface area contributed by atoms with Crippen molar-refractivity contribution < 1.29 is 39.5 Å². The van der Waals surface area contributed by atoms with Gasteiger partial charge in [-0.05, 0) is 12.8 Å². The molecule has 0 aromatic carbocycles. The molecule has 1 unspecified atom stereocenters. The molecule has 0 aromatic heterocycles. The molecule has 116 valence electrons. The Morgan fingerprint density at radius 3 is 1.53 bits per heavy atom. The van der Waals surface area contributed by atoms with Crippen LogP contribution in [0, 0.1) is 0 Å². The summed E-state index contributed by atoms with van der Waals surface area (Å²) in [5, 5.41) is 0. The average molecular weight is 319 g/mol. The molecule has 0 radical (unpaired) electrons. The second-order valence-electron chi connectivity index (χ2n) is 3.79. The third-order valence-corrected chi connectivity index (χ3v) is 3.41. The maximum atomic E-state index is 13.6. The molecule has 19 heavy (non-hydrogen) atoms. The van der Waals surface area contributed by atoms with Crippen LogP contribution >= 0.6 is 0 Å². The lowest BCUT2D eigenvalue weighted by Crippen LogP contribution is -2.69. The molecule has 0 bridgehead atoms. The first-order valence-corrected chi connectivity index (χ1v) is 6.10. The predicted octanol–water partition coefficient (Wildman–Crippen LogP) is 3.10. The number of nitrogens with one attached hydrogen (secondary N) is 1. The zero-order chi connectivity index (χ0) is 15.7. The highest BCUT2D eigenvalue weighted by molar-refractivity contribution is 7.77. The van der Waals surface area contributed by atoms with E-state index in [2.05, 4.69) is 0 Å². The van der Waals surface area contributed by atoms with Gasteiger partial charge in [0, 0.05) is 0 Å². The molecular weight excluding hydrogens is 307 g/mol. The van der Waals surface area contributed by atoms with Crippen LogP contribution in [-0.4, -0.2) is 32.3 Å². The summed E-state index contributed by atoms with van der Waals surface area (Å²) in [6, 6.07) is 0. The first-order valence-electron chi connectivity index (χ1n) is 5.00. The average Bonchev–Trinajstić information content (AvgIpc) is 2.23. The van der Waals surface area contributed by atoms with E-state index < -0.39 is 47.7 Å². The van der Waals surface area contributed by atoms with Gasteiger partial charge in [0.1, 0.15) is 5.54 Å². The lowest BCUT2D eigenvalue weighted by molar-refractivity contribution is -0.370. The molecule has 0 saturated carbocycles. The van der Waals surface area contributed by atoms with Crippen LogP contribution in [0.5, 0.6) is 0 Å². The maximum Gasteiger partial charge on any atom is 0.459 e. The predicted molar refractivity (Wildman–Crippen MR) is 53.2 cm³/mol. The summed E-state index contributed by atoms with van der Waals surface area (Å²) in [6.45, 7) is 1.81. The van der Waals surface area contributed by atoms with Crippen LogP contribution in [0.1, 0.15) is 26.7 Å². The Bertz CT molecular complexity index is 340. The summed E-state index contributed by atoms with van der Waals surface area (Å²) in [6.07, 6.45) is -8.30. The number of hydrogen-bond acceptors (Lipinski definition) is 1. The van der Waals surface area contributed by atoms with Crippen molar-refractivity contribution in [2.24, 2.45) is 0 Å². The van der Waals surface area contributed by atoms with Gasteiger partial charge in [-0.2, -0.15) is 30.7 Å². The summed E-state index contributed by atoms with van der Waals surface area (Å²) >= 11 is -3.17. The molecular formula is C8H12F7NO2S. The van der Waals surface area contributed by atoms with Crippen molar-refractivity contribution in [1.29, 1.82) is 0 Å². The summed E-state index contributed by atoms with van der Waals surface area (Å²) in [5.41, 5.74) is -3.16. The fourth-order valence-electron chi connectivity index (χ4n) is 1.55. The van der Waals surface area contributed by atoms with Gasteiger partial charge in [0.05, 0.1) is 0 Å². The fraction of sp³-hybridized carbons (Fsp3) is 1.00. The van der Waals surface area contributed by atoms with E-state index in [-0.39, 0.29) is 0 Å². The fourth-order valence-corrected chi connectivity index (χ4v) is 2.30. The number of hydrogen-bond donors (Lipinski definition) is 2. The van der Waals surface area contributed by atoms with E-state index in [9.17, 15) is 34.9 Å². The lowest BCUT2D eigenvalue weighted by Gasteiger charge is -2.42. The Balaban J connectivity index is 5.86. The minimum atomic E-state index is -6.48. The van der Waals surface area contributed by atoms with E-state index in [0.29, 0.717) is 0 Å². The number of alkyl halides is 7. The zero-order valence-corrected chi connectivity index (χ0v) is 10.6. The quantitative estimate of drug-likeness (QED) is 0.584. The van der Waals surface area contributed by atoms with Crippen molar-refractivity contribution in [3.05, 3.63) is 0 Å². The highest BCUT2D eigenvalue weighted by atomic mass is 32.2. The Morgan fingerprint density at radius 1 is 0.947 bits per heavy atom. The van der Waals surface area contributed by atoms with E-state index in [4.69, 9.17) is 4.55 Å². The number of rotatable bonds is 6. The van der Waals surface area contributed by atoms with Gasteiger partial charge in [-0.3, -0.25) is 4.55 Å². The maximum absolute atomic E-state index is 13.6. The van der Waals surface area contributed by atoms with Crippen LogP contribution in [0.4, 0.5) is 30.7 Å². The lowest BCUT2D eigenvalue weighted by atomic mass is 9.83. The molecule has 2 N–H and O–H groups in total. The highest BCUT2D eigenvalue weighted by Gasteiger charge is 2.78. The molecule has 0 amide bonds. The Hall–Kier alpha value is -0.420. The van der Waals surface area contributed by atoms with E-state index in [1.54, 1.807) is 0 Å². The molecule has 1 atom stereocenters. The van der Waals surface area contributed by atoms with Crippen molar-refractivity contribution >= 4 is 11.3 Å². The van der Waals surface area contributed by atoms with Gasteiger partial charge in [0.2, 0.25) is 11.3 Å². The van der Waals surface area contributed by atoms with Crippen molar-refractivity contribution in [1.82, 2.24) is 4.72 Å². The van der Waals surface area contributed by atoms with Crippen molar-refractivity contribution in [2.75, 3.05) is 0 Å². The highest BCUT2D eigenvalue weighted by Crippen LogP contribution is 2.52. The second-order valence-corrected chi connectivity index (χ2v) is 4.49. The normalized spacial score (nSPS) is 16.5. The molecule has 0 spiro atoms. The third kappa shape index (κ3) is 3.02. The van der Waals surface area contributed by atoms with Crippen LogP contribution in [-0.2, 0) is 11.3 Å². The molecule has 0 saturated heterocycles. The summed E-state index contributed by atoms with van der Waals surface area (Å²) in [5.74, 6) is -11.9. The standard InChI is InChI=1S/C8H12F7NO2S/c1-3-5(4-2,16-19(17)18)6(9,10)7(11,12)8(13,14)15/h16H,3-4H2,1-2H3,(H,17,18). The summed E-state index contributed by atoms with van der Waals surface area (Å²) < 4.78 is 109. The second kappa shape index (κ2) is 5.52. The van der Waals surface area contributed by atoms with Gasteiger partial charge < -0.3 is 0 Å². The van der Waals surface area contributed by atoms with Crippen LogP contribution in [0.3, 0.4) is 0 Å². The van der Waals surface area contributed by atoms with E-state index in [0.717, 1.165) is 13.8 Å². The molecule has 0 aliphatic carbocycles. The molecule has 0 heterocycles. The van der Waals surface area contributed by atoms with Gasteiger partial charge in [-0.25, -0.2) is 8.93 Å². The number of halogens is 7. The molecule has 0 aliphatic rings. The van der Waals surface area contributed by atoms with E-state index in [1.165, 1.54) is 4.72 Å². The zero-order valence-electron chi connectivity index (χ0n) is 9.82. The summed E-state index contributed by atoms with van der Waals surface area (Å²) in [4.78, 5) is 0. The largest absolute Gasteiger partial charge is 0.459 e. The van der Waals surface area contributed by atoms with Gasteiger partial charge in [0.25, 0.3) is 0 Å². The van der Waals surface area contributed by atoms with Gasteiger partial charge >= 0.3 is 18.0 Å². The van der Waals surface area contributed by atoms with E-state index >= 15 is 0 Å². The summed E-state index contributed by atoms with van der Waals surface area (Å²) in [7, 11) is 0. The van der Waals surface area contributed by atoms with Crippen LogP contribution < -0.4 is 4.72 Å². The van der Waals surface area contributed by atoms with Gasteiger partial charge in [-0.1, -0.05) is 13.8 Å². The van der Waals surface area contributed by atoms with Crippen LogP contribution in [0.25, 0.3) is 0 Å². The van der Waals surface area contributed by atoms with Crippen LogP contribution in [0.2, 0.25) is 0 Å². The van der Waals surface area contributed by atoms with E-state index in [1.807, 2.05) is 0 Å². The Morgan fingerprint density at radius 2 is 1.32 bits per heavy atom. The monoisotopic (exact) mass is 319 g/mol. The van der Waals surface area contributed by atoms with Crippen molar-refractivity contribution in [2.45, 2.75) is 50.2 Å². The molecule has 3 nitrogen and oxygen atoms in total. The molecule has 11 heteroatoms. The van der Waals surface area contributed by atoms with Crippen molar-refractivity contribution in [3.63, 3.8) is 0 Å². The van der Waals surface area contributed by atoms with Gasteiger partial charge in [-0.15, -0.1) is 0 Å². The molecule has 0 rings (SSSR count). The minimum Gasteiger partial charge on any atom is -0.294 e. The first kappa shape index (κ1) is 18.6. The first-order chi connectivity index (χ1) is 8.29. The Kier molecular flexibility index (Phi) is 5.40. The molecule has 0 aliphatic heterocycles. The minimum absolute atomic E-state index is 0.906. The van der Waals surface area contributed by atoms with Crippen molar-refractivity contribution in [3.8, 4) is 0 Å².